The van der Waals surface area contributed by atoms with Crippen molar-refractivity contribution in [2.45, 2.75) is 6.10 Å². The van der Waals surface area contributed by atoms with Crippen molar-refractivity contribution in [1.82, 2.24) is 0 Å². The molecule has 3 heteroatoms. The molecule has 14 heavy (non-hydrogen) atoms. The first-order valence-corrected chi connectivity index (χ1v) is 4.32. The number of esters is 1. The van der Waals surface area contributed by atoms with E-state index in [2.05, 4.69) is 0 Å². The second kappa shape index (κ2) is 3.54. The smallest absolute Gasteiger partial charge is 0.335 e. The molecule has 0 saturated carbocycles. The fourth-order valence-corrected chi connectivity index (χ4v) is 1.43. The summed E-state index contributed by atoms with van der Waals surface area (Å²) in [6, 6.07) is 9.51. The van der Waals surface area contributed by atoms with Crippen LogP contribution in [-0.4, -0.2) is 13.1 Å². The van der Waals surface area contributed by atoms with E-state index in [1.165, 1.54) is 13.2 Å². The largest absolute Gasteiger partial charge is 0.496 e. The lowest BCUT2D eigenvalue weighted by atomic mass is 10.1. The molecule has 2 rings (SSSR count). The van der Waals surface area contributed by atoms with E-state index in [0.29, 0.717) is 5.76 Å². The van der Waals surface area contributed by atoms with Crippen LogP contribution in [0.4, 0.5) is 0 Å². The van der Waals surface area contributed by atoms with Crippen molar-refractivity contribution in [3.8, 4) is 0 Å². The Kier molecular flexibility index (Phi) is 2.23. The Morgan fingerprint density at radius 1 is 1.29 bits per heavy atom. The van der Waals surface area contributed by atoms with Gasteiger partial charge in [-0.1, -0.05) is 30.3 Å². The van der Waals surface area contributed by atoms with Gasteiger partial charge in [0.25, 0.3) is 0 Å². The van der Waals surface area contributed by atoms with Crippen LogP contribution in [0.3, 0.4) is 0 Å². The number of carbonyl (C=O) groups is 1. The SMILES string of the molecule is COC1=CC(=O)O[C@@H]1c1ccccc1. The Morgan fingerprint density at radius 3 is 2.64 bits per heavy atom. The maximum Gasteiger partial charge on any atom is 0.335 e. The summed E-state index contributed by atoms with van der Waals surface area (Å²) in [4.78, 5) is 11.0. The van der Waals surface area contributed by atoms with Crippen molar-refractivity contribution in [3.63, 3.8) is 0 Å². The molecule has 0 radical (unpaired) electrons. The maximum atomic E-state index is 11.0. The van der Waals surface area contributed by atoms with E-state index in [1.807, 2.05) is 30.3 Å². The summed E-state index contributed by atoms with van der Waals surface area (Å²) in [6.07, 6.45) is 0.992. The fourth-order valence-electron chi connectivity index (χ4n) is 1.43. The Morgan fingerprint density at radius 2 is 2.00 bits per heavy atom. The normalized spacial score (nSPS) is 20.2. The molecule has 1 aliphatic heterocycles. The van der Waals surface area contributed by atoms with Gasteiger partial charge < -0.3 is 9.47 Å². The highest BCUT2D eigenvalue weighted by molar-refractivity contribution is 5.85. The first kappa shape index (κ1) is 8.81. The molecule has 1 atom stereocenters. The minimum atomic E-state index is -0.381. The predicted octanol–water partition coefficient (Wildman–Crippen LogP) is 1.81. The molecule has 0 N–H and O–H groups in total. The van der Waals surface area contributed by atoms with Crippen LogP contribution in [0.1, 0.15) is 11.7 Å². The van der Waals surface area contributed by atoms with Gasteiger partial charge in [0.2, 0.25) is 0 Å². The Labute approximate surface area is 81.9 Å². The quantitative estimate of drug-likeness (QED) is 0.667. The van der Waals surface area contributed by atoms with Crippen molar-refractivity contribution >= 4 is 5.97 Å². The van der Waals surface area contributed by atoms with Gasteiger partial charge in [0.05, 0.1) is 13.2 Å². The summed E-state index contributed by atoms with van der Waals surface area (Å²) < 4.78 is 10.2. The van der Waals surface area contributed by atoms with Crippen molar-refractivity contribution in [3.05, 3.63) is 47.7 Å². The summed E-state index contributed by atoms with van der Waals surface area (Å²) in [7, 11) is 1.53. The van der Waals surface area contributed by atoms with Crippen molar-refractivity contribution in [2.24, 2.45) is 0 Å². The third-order valence-corrected chi connectivity index (χ3v) is 2.09. The number of cyclic esters (lactones) is 1. The molecule has 0 saturated heterocycles. The minimum absolute atomic E-state index is 0.351. The summed E-state index contributed by atoms with van der Waals surface area (Å²) in [5.74, 6) is 0.205. The number of benzene rings is 1. The highest BCUT2D eigenvalue weighted by atomic mass is 16.6. The molecule has 0 aliphatic carbocycles. The monoisotopic (exact) mass is 190 g/mol. The Balaban J connectivity index is 2.29. The topological polar surface area (TPSA) is 35.5 Å². The van der Waals surface area contributed by atoms with Gasteiger partial charge >= 0.3 is 5.97 Å². The Hall–Kier alpha value is -1.77. The van der Waals surface area contributed by atoms with Gasteiger partial charge in [0, 0.05) is 5.56 Å². The van der Waals surface area contributed by atoms with E-state index >= 15 is 0 Å². The van der Waals surface area contributed by atoms with Gasteiger partial charge in [-0.25, -0.2) is 4.79 Å². The average Bonchev–Trinajstić information content (AvgIpc) is 2.61. The molecule has 0 fully saturated rings. The maximum absolute atomic E-state index is 11.0. The van der Waals surface area contributed by atoms with Gasteiger partial charge in [0.1, 0.15) is 5.76 Å². The number of rotatable bonds is 2. The predicted molar refractivity (Wildman–Crippen MR) is 50.4 cm³/mol. The molecule has 0 amide bonds. The third kappa shape index (κ3) is 1.48. The van der Waals surface area contributed by atoms with Crippen LogP contribution in [0, 0.1) is 0 Å². The fraction of sp³-hybridized carbons (Fsp3) is 0.182. The lowest BCUT2D eigenvalue weighted by Crippen LogP contribution is -2.03. The number of methoxy groups -OCH3 is 1. The Bertz CT molecular complexity index is 367. The van der Waals surface area contributed by atoms with Gasteiger partial charge in [-0.15, -0.1) is 0 Å². The highest BCUT2D eigenvalue weighted by Gasteiger charge is 2.28. The standard InChI is InChI=1S/C11H10O3/c1-13-9-7-10(12)14-11(9)8-5-3-2-4-6-8/h2-7,11H,1H3/t11-/m1/s1. The van der Waals surface area contributed by atoms with Crippen LogP contribution in [-0.2, 0) is 14.3 Å². The summed E-state index contributed by atoms with van der Waals surface area (Å²) >= 11 is 0. The lowest BCUT2D eigenvalue weighted by Gasteiger charge is -2.12. The van der Waals surface area contributed by atoms with E-state index in [1.54, 1.807) is 0 Å². The third-order valence-electron chi connectivity index (χ3n) is 2.09. The van der Waals surface area contributed by atoms with E-state index in [9.17, 15) is 4.79 Å². The number of hydrogen-bond donors (Lipinski definition) is 0. The van der Waals surface area contributed by atoms with Crippen LogP contribution < -0.4 is 0 Å². The van der Waals surface area contributed by atoms with Gasteiger partial charge in [-0.05, 0) is 0 Å². The van der Waals surface area contributed by atoms with Crippen molar-refractivity contribution in [2.75, 3.05) is 7.11 Å². The molecule has 0 unspecified atom stereocenters. The van der Waals surface area contributed by atoms with Crippen molar-refractivity contribution in [1.29, 1.82) is 0 Å². The van der Waals surface area contributed by atoms with E-state index in [-0.39, 0.29) is 12.1 Å². The molecule has 72 valence electrons. The average molecular weight is 190 g/mol. The van der Waals surface area contributed by atoms with Gasteiger partial charge in [-0.3, -0.25) is 0 Å². The zero-order chi connectivity index (χ0) is 9.97. The summed E-state index contributed by atoms with van der Waals surface area (Å²) in [5.41, 5.74) is 0.923. The van der Waals surface area contributed by atoms with Gasteiger partial charge in [-0.2, -0.15) is 0 Å². The molecular formula is C11H10O3. The van der Waals surface area contributed by atoms with Gasteiger partial charge in [0.15, 0.2) is 6.10 Å². The van der Waals surface area contributed by atoms with Crippen molar-refractivity contribution < 1.29 is 14.3 Å². The molecule has 0 spiro atoms. The zero-order valence-corrected chi connectivity index (χ0v) is 7.77. The van der Waals surface area contributed by atoms with E-state index in [4.69, 9.17) is 9.47 Å². The molecule has 0 bridgehead atoms. The highest BCUT2D eigenvalue weighted by Crippen LogP contribution is 2.30. The second-order valence-electron chi connectivity index (χ2n) is 2.98. The summed E-state index contributed by atoms with van der Waals surface area (Å²) in [5, 5.41) is 0. The van der Waals surface area contributed by atoms with Crippen LogP contribution >= 0.6 is 0 Å². The first-order valence-electron chi connectivity index (χ1n) is 4.32. The van der Waals surface area contributed by atoms with E-state index in [0.717, 1.165) is 5.56 Å². The second-order valence-corrected chi connectivity index (χ2v) is 2.98. The molecule has 1 aromatic carbocycles. The molecule has 1 aromatic rings. The lowest BCUT2D eigenvalue weighted by molar-refractivity contribution is -0.139. The van der Waals surface area contributed by atoms with E-state index < -0.39 is 0 Å². The molecule has 1 aliphatic rings. The van der Waals surface area contributed by atoms with Crippen LogP contribution in [0.2, 0.25) is 0 Å². The molecule has 1 heterocycles. The number of ether oxygens (including phenoxy) is 2. The molecule has 0 aromatic heterocycles. The van der Waals surface area contributed by atoms with Crippen LogP contribution in [0.25, 0.3) is 0 Å². The number of carbonyl (C=O) groups excluding carboxylic acids is 1. The number of hydrogen-bond acceptors (Lipinski definition) is 3. The summed E-state index contributed by atoms with van der Waals surface area (Å²) in [6.45, 7) is 0. The minimum Gasteiger partial charge on any atom is -0.496 e. The van der Waals surface area contributed by atoms with Crippen LogP contribution in [0.5, 0.6) is 0 Å². The molecular weight excluding hydrogens is 180 g/mol. The first-order chi connectivity index (χ1) is 6.81. The van der Waals surface area contributed by atoms with Crippen LogP contribution in [0.15, 0.2) is 42.2 Å². The zero-order valence-electron chi connectivity index (χ0n) is 7.77. The molecule has 3 nitrogen and oxygen atoms in total.